The lowest BCUT2D eigenvalue weighted by Crippen LogP contribution is -2.13. The number of carbonyl (C=O) groups excluding carboxylic acids is 1. The van der Waals surface area contributed by atoms with Crippen LogP contribution in [0, 0.1) is 11.8 Å². The molecule has 2 unspecified atom stereocenters. The molecular weight excluding hydrogens is 138 g/mol. The highest BCUT2D eigenvalue weighted by Crippen LogP contribution is 2.38. The first-order valence-electron chi connectivity index (χ1n) is 2.67. The second-order valence-electron chi connectivity index (χ2n) is 2.14. The van der Waals surface area contributed by atoms with Crippen LogP contribution in [0.15, 0.2) is 12.7 Å². The van der Waals surface area contributed by atoms with Crippen LogP contribution in [0.4, 0.5) is 0 Å². The fourth-order valence-corrected chi connectivity index (χ4v) is 0.802. The summed E-state index contributed by atoms with van der Waals surface area (Å²) in [6.45, 7) is 3.55. The van der Waals surface area contributed by atoms with Gasteiger partial charge in [0, 0.05) is 5.92 Å². The Labute approximate surface area is 60.5 Å². The summed E-state index contributed by atoms with van der Waals surface area (Å²) in [6, 6.07) is 0. The zero-order chi connectivity index (χ0) is 6.15. The Morgan fingerprint density at radius 1 is 1.78 bits per heavy atom. The van der Waals surface area contributed by atoms with Gasteiger partial charge in [0.05, 0.1) is 0 Å². The largest absolute Gasteiger partial charge is 0.369 e. The molecule has 0 spiro atoms. The third-order valence-corrected chi connectivity index (χ3v) is 1.51. The van der Waals surface area contributed by atoms with E-state index in [1.807, 2.05) is 0 Å². The van der Waals surface area contributed by atoms with Gasteiger partial charge >= 0.3 is 0 Å². The molecule has 0 aliphatic heterocycles. The number of nitrogens with two attached hydrogens (primary N) is 1. The maximum Gasteiger partial charge on any atom is 0.221 e. The summed E-state index contributed by atoms with van der Waals surface area (Å²) in [7, 11) is 0. The zero-order valence-electron chi connectivity index (χ0n) is 5.04. The molecule has 2 nitrogen and oxygen atoms in total. The topological polar surface area (TPSA) is 43.1 Å². The van der Waals surface area contributed by atoms with Crippen molar-refractivity contribution < 1.29 is 4.79 Å². The minimum Gasteiger partial charge on any atom is -0.369 e. The van der Waals surface area contributed by atoms with Crippen LogP contribution in [0.2, 0.25) is 0 Å². The van der Waals surface area contributed by atoms with Gasteiger partial charge in [0.15, 0.2) is 0 Å². The molecule has 1 aliphatic carbocycles. The normalized spacial score (nSPS) is 30.2. The highest BCUT2D eigenvalue weighted by atomic mass is 35.5. The number of primary amides is 1. The van der Waals surface area contributed by atoms with E-state index in [0.29, 0.717) is 5.92 Å². The number of hydrogen-bond donors (Lipinski definition) is 1. The lowest BCUT2D eigenvalue weighted by molar-refractivity contribution is -0.119. The molecule has 0 aromatic rings. The van der Waals surface area contributed by atoms with Gasteiger partial charge in [0.2, 0.25) is 5.91 Å². The molecule has 1 amide bonds. The Morgan fingerprint density at radius 2 is 2.33 bits per heavy atom. The standard InChI is InChI=1S/C6H9NO.ClH/c1-2-4-3-5(4)6(7)8;/h2,4-5H,1,3H2,(H2,7,8);1H. The molecule has 2 N–H and O–H groups in total. The van der Waals surface area contributed by atoms with E-state index in [1.54, 1.807) is 6.08 Å². The molecule has 3 heteroatoms. The summed E-state index contributed by atoms with van der Waals surface area (Å²) in [4.78, 5) is 10.3. The van der Waals surface area contributed by atoms with Crippen LogP contribution in [-0.2, 0) is 4.79 Å². The summed E-state index contributed by atoms with van der Waals surface area (Å²) in [6.07, 6.45) is 2.70. The number of carbonyl (C=O) groups is 1. The van der Waals surface area contributed by atoms with Gasteiger partial charge in [-0.25, -0.2) is 0 Å². The van der Waals surface area contributed by atoms with E-state index in [0.717, 1.165) is 6.42 Å². The molecule has 0 aromatic carbocycles. The molecule has 0 radical (unpaired) electrons. The van der Waals surface area contributed by atoms with Gasteiger partial charge < -0.3 is 5.73 Å². The van der Waals surface area contributed by atoms with Gasteiger partial charge in [0.1, 0.15) is 0 Å². The third-order valence-electron chi connectivity index (χ3n) is 1.51. The van der Waals surface area contributed by atoms with E-state index in [4.69, 9.17) is 5.73 Å². The van der Waals surface area contributed by atoms with Crippen molar-refractivity contribution in [1.82, 2.24) is 0 Å². The molecule has 0 bridgehead atoms. The minimum atomic E-state index is -0.185. The Morgan fingerprint density at radius 3 is 2.44 bits per heavy atom. The van der Waals surface area contributed by atoms with Gasteiger partial charge in [-0.05, 0) is 12.3 Å². The summed E-state index contributed by atoms with van der Waals surface area (Å²) in [5.74, 6) is 0.301. The lowest BCUT2D eigenvalue weighted by atomic mass is 10.3. The highest BCUT2D eigenvalue weighted by Gasteiger charge is 2.38. The first-order chi connectivity index (χ1) is 3.75. The van der Waals surface area contributed by atoms with Crippen LogP contribution >= 0.6 is 12.4 Å². The maximum absolute atomic E-state index is 10.3. The van der Waals surface area contributed by atoms with Crippen LogP contribution in [0.25, 0.3) is 0 Å². The monoisotopic (exact) mass is 147 g/mol. The first kappa shape index (κ1) is 8.50. The molecule has 52 valence electrons. The molecule has 0 saturated heterocycles. The van der Waals surface area contributed by atoms with Crippen molar-refractivity contribution >= 4 is 18.3 Å². The fourth-order valence-electron chi connectivity index (χ4n) is 0.802. The van der Waals surface area contributed by atoms with Gasteiger partial charge in [-0.2, -0.15) is 0 Å². The van der Waals surface area contributed by atoms with Crippen molar-refractivity contribution in [2.24, 2.45) is 17.6 Å². The van der Waals surface area contributed by atoms with E-state index in [1.165, 1.54) is 0 Å². The van der Waals surface area contributed by atoms with Crippen LogP contribution in [0.3, 0.4) is 0 Å². The van der Waals surface area contributed by atoms with E-state index < -0.39 is 0 Å². The van der Waals surface area contributed by atoms with Gasteiger partial charge in [-0.1, -0.05) is 6.08 Å². The minimum absolute atomic E-state index is 0. The molecule has 0 aromatic heterocycles. The predicted molar refractivity (Wildman–Crippen MR) is 38.2 cm³/mol. The SMILES string of the molecule is C=CC1CC1C(N)=O.Cl. The second-order valence-corrected chi connectivity index (χ2v) is 2.14. The van der Waals surface area contributed by atoms with Crippen molar-refractivity contribution in [2.45, 2.75) is 6.42 Å². The third kappa shape index (κ3) is 1.72. The first-order valence-corrected chi connectivity index (χ1v) is 2.67. The van der Waals surface area contributed by atoms with Crippen molar-refractivity contribution in [2.75, 3.05) is 0 Å². The number of allylic oxidation sites excluding steroid dienone is 1. The number of halogens is 1. The molecule has 0 heterocycles. The molecule has 1 fully saturated rings. The predicted octanol–water partition coefficient (Wildman–Crippen LogP) is 0.716. The summed E-state index contributed by atoms with van der Waals surface area (Å²) >= 11 is 0. The fraction of sp³-hybridized carbons (Fsp3) is 0.500. The van der Waals surface area contributed by atoms with Gasteiger partial charge in [-0.3, -0.25) is 4.79 Å². The van der Waals surface area contributed by atoms with Crippen LogP contribution in [0.5, 0.6) is 0 Å². The smallest absolute Gasteiger partial charge is 0.221 e. The van der Waals surface area contributed by atoms with Gasteiger partial charge in [0.25, 0.3) is 0 Å². The van der Waals surface area contributed by atoms with Crippen LogP contribution < -0.4 is 5.73 Å². The number of amides is 1. The Balaban J connectivity index is 0.000000640. The molecule has 1 aliphatic rings. The number of hydrogen-bond acceptors (Lipinski definition) is 1. The summed E-state index contributed by atoms with van der Waals surface area (Å²) < 4.78 is 0. The molecule has 1 saturated carbocycles. The van der Waals surface area contributed by atoms with E-state index in [-0.39, 0.29) is 24.2 Å². The second kappa shape index (κ2) is 2.87. The Hall–Kier alpha value is -0.500. The molecular formula is C6H10ClNO. The maximum atomic E-state index is 10.3. The van der Waals surface area contributed by atoms with Crippen molar-refractivity contribution in [1.29, 1.82) is 0 Å². The summed E-state index contributed by atoms with van der Waals surface area (Å²) in [5, 5.41) is 0. The molecule has 2 atom stereocenters. The van der Waals surface area contributed by atoms with E-state index in [9.17, 15) is 4.79 Å². The highest BCUT2D eigenvalue weighted by molar-refractivity contribution is 5.85. The van der Waals surface area contributed by atoms with Crippen molar-refractivity contribution in [3.05, 3.63) is 12.7 Å². The average Bonchev–Trinajstić information content (AvgIpc) is 2.42. The molecule has 9 heavy (non-hydrogen) atoms. The Bertz CT molecular complexity index is 135. The van der Waals surface area contributed by atoms with Gasteiger partial charge in [-0.15, -0.1) is 19.0 Å². The van der Waals surface area contributed by atoms with Crippen LogP contribution in [-0.4, -0.2) is 5.91 Å². The van der Waals surface area contributed by atoms with E-state index >= 15 is 0 Å². The number of rotatable bonds is 2. The lowest BCUT2D eigenvalue weighted by Gasteiger charge is -1.82. The summed E-state index contributed by atoms with van der Waals surface area (Å²) in [5.41, 5.74) is 4.98. The molecule has 1 rings (SSSR count). The van der Waals surface area contributed by atoms with Crippen molar-refractivity contribution in [3.63, 3.8) is 0 Å². The zero-order valence-corrected chi connectivity index (χ0v) is 5.86. The van der Waals surface area contributed by atoms with Crippen molar-refractivity contribution in [3.8, 4) is 0 Å². The Kier molecular flexibility index (Phi) is 2.71. The van der Waals surface area contributed by atoms with Crippen LogP contribution in [0.1, 0.15) is 6.42 Å². The average molecular weight is 148 g/mol. The van der Waals surface area contributed by atoms with E-state index in [2.05, 4.69) is 6.58 Å². The quantitative estimate of drug-likeness (QED) is 0.575.